The van der Waals surface area contributed by atoms with Crippen LogP contribution in [0.15, 0.2) is 72.8 Å². The first-order valence-corrected chi connectivity index (χ1v) is 10.8. The number of hydrogen-bond acceptors (Lipinski definition) is 3. The van der Waals surface area contributed by atoms with Crippen molar-refractivity contribution in [2.75, 3.05) is 6.61 Å². The molecule has 3 aromatic rings. The highest BCUT2D eigenvalue weighted by Crippen LogP contribution is 2.42. The monoisotopic (exact) mass is 422 g/mol. The van der Waals surface area contributed by atoms with Gasteiger partial charge in [0.25, 0.3) is 0 Å². The molecule has 4 rings (SSSR count). The molecule has 0 fully saturated rings. The highest BCUT2D eigenvalue weighted by atomic mass is 16.5. The Bertz CT molecular complexity index is 1250. The van der Waals surface area contributed by atoms with Gasteiger partial charge in [-0.25, -0.2) is 4.79 Å². The number of esters is 1. The van der Waals surface area contributed by atoms with Crippen LogP contribution in [0.4, 0.5) is 0 Å². The van der Waals surface area contributed by atoms with Crippen molar-refractivity contribution in [1.29, 1.82) is 0 Å². The smallest absolute Gasteiger partial charge is 0.338 e. The number of carbonyl (C=O) groups excluding carboxylic acids is 1. The lowest BCUT2D eigenvalue weighted by Crippen LogP contribution is -2.21. The third-order valence-electron chi connectivity index (χ3n) is 5.76. The largest absolute Gasteiger partial charge is 0.508 e. The summed E-state index contributed by atoms with van der Waals surface area (Å²) in [6.45, 7) is 6.64. The minimum atomic E-state index is -0.324. The van der Waals surface area contributed by atoms with E-state index in [1.54, 1.807) is 31.2 Å². The molecule has 0 saturated carbocycles. The van der Waals surface area contributed by atoms with E-state index < -0.39 is 0 Å². The van der Waals surface area contributed by atoms with E-state index in [-0.39, 0.29) is 17.1 Å². The fraction of sp³-hybridized carbons (Fsp3) is 0.207. The maximum absolute atomic E-state index is 11.8. The number of fused-ring (bicyclic) bond motifs is 1. The van der Waals surface area contributed by atoms with Gasteiger partial charge >= 0.3 is 5.97 Å². The van der Waals surface area contributed by atoms with E-state index in [1.807, 2.05) is 24.3 Å². The average molecular weight is 423 g/mol. The lowest BCUT2D eigenvalue weighted by atomic mass is 9.72. The van der Waals surface area contributed by atoms with Crippen LogP contribution in [0.3, 0.4) is 0 Å². The Hall–Kier alpha value is -3.77. The first-order valence-electron chi connectivity index (χ1n) is 10.8. The van der Waals surface area contributed by atoms with Crippen molar-refractivity contribution in [3.05, 3.63) is 106 Å². The first kappa shape index (κ1) is 21.5. The minimum Gasteiger partial charge on any atom is -0.508 e. The Labute approximate surface area is 189 Å². The summed E-state index contributed by atoms with van der Waals surface area (Å²) in [4.78, 5) is 11.8. The van der Waals surface area contributed by atoms with Gasteiger partial charge in [0, 0.05) is 11.1 Å². The molecule has 0 unspecified atom stereocenters. The molecule has 0 atom stereocenters. The number of carbonyl (C=O) groups is 1. The van der Waals surface area contributed by atoms with Crippen LogP contribution in [0, 0.1) is 11.8 Å². The average Bonchev–Trinajstić information content (AvgIpc) is 2.78. The number of ether oxygens (including phenoxy) is 1. The normalized spacial score (nSPS) is 13.9. The number of hydrogen-bond donors (Lipinski definition) is 1. The molecule has 0 radical (unpaired) electrons. The molecule has 0 spiro atoms. The Morgan fingerprint density at radius 1 is 1.00 bits per heavy atom. The number of phenolic OH excluding ortho intramolecular Hbond substituents is 1. The highest BCUT2D eigenvalue weighted by Gasteiger charge is 2.28. The van der Waals surface area contributed by atoms with Crippen molar-refractivity contribution in [3.8, 4) is 17.6 Å². The molecule has 3 nitrogen and oxygen atoms in total. The van der Waals surface area contributed by atoms with Gasteiger partial charge in [-0.3, -0.25) is 0 Å². The second-order valence-electron chi connectivity index (χ2n) is 8.56. The lowest BCUT2D eigenvalue weighted by Gasteiger charge is -2.32. The molecular weight excluding hydrogens is 396 g/mol. The second kappa shape index (κ2) is 8.77. The predicted octanol–water partition coefficient (Wildman–Crippen LogP) is 6.08. The Balaban J connectivity index is 1.67. The molecule has 1 aliphatic carbocycles. The highest BCUT2D eigenvalue weighted by molar-refractivity contribution is 5.89. The lowest BCUT2D eigenvalue weighted by molar-refractivity contribution is 0.0526. The molecule has 1 aliphatic rings. The van der Waals surface area contributed by atoms with E-state index >= 15 is 0 Å². The summed E-state index contributed by atoms with van der Waals surface area (Å²) in [5.41, 5.74) is 6.86. The van der Waals surface area contributed by atoms with Gasteiger partial charge in [-0.1, -0.05) is 50.0 Å². The fourth-order valence-corrected chi connectivity index (χ4v) is 4.01. The molecule has 3 heteroatoms. The van der Waals surface area contributed by atoms with E-state index in [0.29, 0.717) is 12.2 Å². The van der Waals surface area contributed by atoms with Crippen molar-refractivity contribution in [3.63, 3.8) is 0 Å². The van der Waals surface area contributed by atoms with Crippen molar-refractivity contribution in [2.45, 2.75) is 32.6 Å². The summed E-state index contributed by atoms with van der Waals surface area (Å²) in [5, 5.41) is 9.96. The van der Waals surface area contributed by atoms with Crippen LogP contribution in [-0.4, -0.2) is 17.7 Å². The molecule has 3 aromatic carbocycles. The van der Waals surface area contributed by atoms with Gasteiger partial charge in [-0.05, 0) is 89.6 Å². The summed E-state index contributed by atoms with van der Waals surface area (Å²) in [6, 6.07) is 20.9. The van der Waals surface area contributed by atoms with E-state index in [0.717, 1.165) is 34.2 Å². The molecule has 0 aliphatic heterocycles. The Kier molecular flexibility index (Phi) is 5.88. The van der Waals surface area contributed by atoms with Crippen molar-refractivity contribution in [1.82, 2.24) is 0 Å². The third kappa shape index (κ3) is 4.45. The molecule has 1 N–H and O–H groups in total. The van der Waals surface area contributed by atoms with Gasteiger partial charge in [0.15, 0.2) is 0 Å². The zero-order valence-electron chi connectivity index (χ0n) is 18.6. The van der Waals surface area contributed by atoms with Gasteiger partial charge < -0.3 is 9.84 Å². The first-order chi connectivity index (χ1) is 15.4. The van der Waals surface area contributed by atoms with E-state index in [2.05, 4.69) is 50.0 Å². The standard InChI is InChI=1S/C29H26O3/c1-4-32-28(31)22-13-10-20(11-14-22)8-9-21-12-15-27-26(18-21)25(16-17-29(27,2)3)23-6-5-7-24(30)19-23/h5-7,10-16,18-19,30H,4,17H2,1-3H3. The summed E-state index contributed by atoms with van der Waals surface area (Å²) < 4.78 is 5.02. The molecule has 0 bridgehead atoms. The predicted molar refractivity (Wildman–Crippen MR) is 128 cm³/mol. The van der Waals surface area contributed by atoms with Gasteiger partial charge in [0.1, 0.15) is 5.75 Å². The molecular formula is C29H26O3. The molecule has 32 heavy (non-hydrogen) atoms. The minimum absolute atomic E-state index is 0.0323. The van der Waals surface area contributed by atoms with Crippen LogP contribution in [0.2, 0.25) is 0 Å². The molecule has 0 aromatic heterocycles. The van der Waals surface area contributed by atoms with Crippen LogP contribution < -0.4 is 0 Å². The van der Waals surface area contributed by atoms with E-state index in [1.165, 1.54) is 5.56 Å². The molecule has 0 saturated heterocycles. The van der Waals surface area contributed by atoms with Crippen LogP contribution in [0.25, 0.3) is 5.57 Å². The van der Waals surface area contributed by atoms with Crippen LogP contribution in [0.1, 0.15) is 65.4 Å². The summed E-state index contributed by atoms with van der Waals surface area (Å²) in [7, 11) is 0. The summed E-state index contributed by atoms with van der Waals surface area (Å²) in [5.74, 6) is 6.38. The van der Waals surface area contributed by atoms with E-state index in [4.69, 9.17) is 4.74 Å². The maximum Gasteiger partial charge on any atom is 0.338 e. The van der Waals surface area contributed by atoms with Gasteiger partial charge in [0.05, 0.1) is 12.2 Å². The number of phenols is 1. The topological polar surface area (TPSA) is 46.5 Å². The molecule has 160 valence electrons. The zero-order valence-corrected chi connectivity index (χ0v) is 18.6. The molecule has 0 heterocycles. The maximum atomic E-state index is 11.8. The quantitative estimate of drug-likeness (QED) is 0.411. The SMILES string of the molecule is CCOC(=O)c1ccc(C#Cc2ccc3c(c2)C(c2cccc(O)c2)=CCC3(C)C)cc1. The number of allylic oxidation sites excluding steroid dienone is 1. The Morgan fingerprint density at radius 3 is 2.44 bits per heavy atom. The Morgan fingerprint density at radius 2 is 1.72 bits per heavy atom. The van der Waals surface area contributed by atoms with Crippen LogP contribution in [-0.2, 0) is 10.2 Å². The van der Waals surface area contributed by atoms with Crippen molar-refractivity contribution < 1.29 is 14.6 Å². The van der Waals surface area contributed by atoms with Gasteiger partial charge in [0.2, 0.25) is 0 Å². The number of aromatic hydroxyl groups is 1. The fourth-order valence-electron chi connectivity index (χ4n) is 4.01. The summed E-state index contributed by atoms with van der Waals surface area (Å²) in [6.07, 6.45) is 3.19. The molecule has 0 amide bonds. The van der Waals surface area contributed by atoms with Crippen molar-refractivity contribution in [2.24, 2.45) is 0 Å². The second-order valence-corrected chi connectivity index (χ2v) is 8.56. The number of benzene rings is 3. The van der Waals surface area contributed by atoms with Crippen LogP contribution in [0.5, 0.6) is 5.75 Å². The third-order valence-corrected chi connectivity index (χ3v) is 5.76. The van der Waals surface area contributed by atoms with E-state index in [9.17, 15) is 9.90 Å². The van der Waals surface area contributed by atoms with Crippen molar-refractivity contribution >= 4 is 11.5 Å². The van der Waals surface area contributed by atoms with Crippen LogP contribution >= 0.6 is 0 Å². The zero-order chi connectivity index (χ0) is 22.7. The number of rotatable bonds is 3. The van der Waals surface area contributed by atoms with Gasteiger partial charge in [-0.15, -0.1) is 0 Å². The summed E-state index contributed by atoms with van der Waals surface area (Å²) >= 11 is 0. The van der Waals surface area contributed by atoms with Gasteiger partial charge in [-0.2, -0.15) is 0 Å².